The van der Waals surface area contributed by atoms with Gasteiger partial charge in [-0.2, -0.15) is 5.10 Å². The van der Waals surface area contributed by atoms with Crippen LogP contribution in [-0.4, -0.2) is 78.2 Å². The van der Waals surface area contributed by atoms with E-state index in [9.17, 15) is 14.0 Å². The first-order chi connectivity index (χ1) is 18.2. The van der Waals surface area contributed by atoms with Gasteiger partial charge in [0.25, 0.3) is 0 Å². The number of aromatic nitrogens is 2. The van der Waals surface area contributed by atoms with Gasteiger partial charge < -0.3 is 20.4 Å². The lowest BCUT2D eigenvalue weighted by Crippen LogP contribution is -2.47. The fourth-order valence-electron chi connectivity index (χ4n) is 4.38. The number of carbonyl (C=O) groups is 2. The van der Waals surface area contributed by atoms with E-state index in [2.05, 4.69) is 20.8 Å². The van der Waals surface area contributed by atoms with Crippen LogP contribution in [0.5, 0.6) is 5.75 Å². The molecule has 0 fully saturated rings. The highest BCUT2D eigenvalue weighted by molar-refractivity contribution is 5.97. The average molecular weight is 522 g/mol. The number of nitrogens with one attached hydrogen (secondary N) is 2. The number of rotatable bonds is 8. The second-order valence-corrected chi connectivity index (χ2v) is 9.34. The monoisotopic (exact) mass is 521 g/mol. The number of carbonyl (C=O) groups excluding carboxylic acids is 2. The molecule has 1 atom stereocenters. The highest BCUT2D eigenvalue weighted by Crippen LogP contribution is 2.26. The molecule has 1 aliphatic heterocycles. The lowest BCUT2D eigenvalue weighted by molar-refractivity contribution is -0.137. The topological polar surface area (TPSA) is 104 Å². The summed E-state index contributed by atoms with van der Waals surface area (Å²) in [6, 6.07) is 12.0. The van der Waals surface area contributed by atoms with Crippen molar-refractivity contribution in [3.05, 3.63) is 66.2 Å². The van der Waals surface area contributed by atoms with Crippen molar-refractivity contribution < 1.29 is 18.7 Å². The van der Waals surface area contributed by atoms with Crippen LogP contribution in [0.15, 0.2) is 59.9 Å². The summed E-state index contributed by atoms with van der Waals surface area (Å²) in [6.45, 7) is 0.0812. The number of amides is 2. The number of hydrogen-bond donors (Lipinski definition) is 2. The van der Waals surface area contributed by atoms with Crippen molar-refractivity contribution in [1.29, 1.82) is 0 Å². The minimum Gasteiger partial charge on any atom is -0.496 e. The van der Waals surface area contributed by atoms with Crippen LogP contribution in [0.25, 0.3) is 11.1 Å². The minimum atomic E-state index is -0.663. The SMILES string of the molecule is COc1cccc(F)c1CC1CN=C(NN(C)C)CN(CC(=O)Nc2cccc(-c3cnn(C)c3)c2)C1=O. The Kier molecular flexibility index (Phi) is 8.37. The molecule has 2 aromatic carbocycles. The van der Waals surface area contributed by atoms with E-state index in [0.29, 0.717) is 22.8 Å². The van der Waals surface area contributed by atoms with Crippen LogP contribution in [0.4, 0.5) is 10.1 Å². The van der Waals surface area contributed by atoms with Gasteiger partial charge in [0.2, 0.25) is 11.8 Å². The van der Waals surface area contributed by atoms with E-state index in [1.165, 1.54) is 18.1 Å². The summed E-state index contributed by atoms with van der Waals surface area (Å²) in [4.78, 5) is 32.7. The molecule has 0 saturated heterocycles. The molecule has 10 nitrogen and oxygen atoms in total. The Balaban J connectivity index is 1.52. The molecule has 2 N–H and O–H groups in total. The third-order valence-electron chi connectivity index (χ3n) is 6.12. The molecule has 200 valence electrons. The van der Waals surface area contributed by atoms with Crippen LogP contribution in [-0.2, 0) is 23.1 Å². The van der Waals surface area contributed by atoms with Gasteiger partial charge in [0.05, 0.1) is 32.3 Å². The number of nitrogens with zero attached hydrogens (tertiary/aromatic N) is 5. The van der Waals surface area contributed by atoms with E-state index in [4.69, 9.17) is 4.74 Å². The third kappa shape index (κ3) is 6.54. The van der Waals surface area contributed by atoms with E-state index in [1.807, 2.05) is 45.5 Å². The van der Waals surface area contributed by atoms with E-state index in [-0.39, 0.29) is 37.9 Å². The van der Waals surface area contributed by atoms with E-state index in [1.54, 1.807) is 34.1 Å². The van der Waals surface area contributed by atoms with Gasteiger partial charge in [-0.15, -0.1) is 0 Å². The molecule has 3 aromatic rings. The largest absolute Gasteiger partial charge is 0.496 e. The summed E-state index contributed by atoms with van der Waals surface area (Å²) in [6.07, 6.45) is 3.74. The zero-order valence-corrected chi connectivity index (χ0v) is 21.9. The summed E-state index contributed by atoms with van der Waals surface area (Å²) in [5.74, 6) is -0.837. The molecule has 1 aromatic heterocycles. The normalized spacial score (nSPS) is 15.7. The van der Waals surface area contributed by atoms with Gasteiger partial charge in [0, 0.05) is 44.2 Å². The maximum absolute atomic E-state index is 14.6. The molecule has 0 radical (unpaired) electrons. The molecular weight excluding hydrogens is 489 g/mol. The second-order valence-electron chi connectivity index (χ2n) is 9.34. The number of hydrogen-bond acceptors (Lipinski definition) is 7. The van der Waals surface area contributed by atoms with Gasteiger partial charge in [-0.05, 0) is 36.2 Å². The lowest BCUT2D eigenvalue weighted by atomic mass is 9.97. The first-order valence-corrected chi connectivity index (χ1v) is 12.2. The number of aliphatic imine (C=N–C) groups is 1. The molecule has 4 rings (SSSR count). The summed E-state index contributed by atoms with van der Waals surface area (Å²) < 4.78 is 21.7. The highest BCUT2D eigenvalue weighted by Gasteiger charge is 2.31. The molecule has 2 heterocycles. The van der Waals surface area contributed by atoms with Crippen molar-refractivity contribution in [1.82, 2.24) is 25.1 Å². The Morgan fingerprint density at radius 3 is 2.71 bits per heavy atom. The van der Waals surface area contributed by atoms with Crippen LogP contribution in [0.2, 0.25) is 0 Å². The number of hydrazine groups is 1. The van der Waals surface area contributed by atoms with Crippen LogP contribution in [0, 0.1) is 11.7 Å². The maximum Gasteiger partial charge on any atom is 0.244 e. The summed E-state index contributed by atoms with van der Waals surface area (Å²) >= 11 is 0. The quantitative estimate of drug-likeness (QED) is 0.441. The third-order valence-corrected chi connectivity index (χ3v) is 6.12. The van der Waals surface area contributed by atoms with Gasteiger partial charge in [-0.3, -0.25) is 19.3 Å². The summed E-state index contributed by atoms with van der Waals surface area (Å²) in [5.41, 5.74) is 5.84. The van der Waals surface area contributed by atoms with Crippen LogP contribution in [0.3, 0.4) is 0 Å². The molecular formula is C27H32FN7O3. The molecule has 1 unspecified atom stereocenters. The average Bonchev–Trinajstić information content (AvgIpc) is 3.26. The molecule has 0 spiro atoms. The van der Waals surface area contributed by atoms with Gasteiger partial charge >= 0.3 is 0 Å². The zero-order valence-electron chi connectivity index (χ0n) is 21.9. The predicted octanol–water partition coefficient (Wildman–Crippen LogP) is 2.34. The Hall–Kier alpha value is -4.25. The predicted molar refractivity (Wildman–Crippen MR) is 143 cm³/mol. The zero-order chi connectivity index (χ0) is 27.2. The van der Waals surface area contributed by atoms with Crippen molar-refractivity contribution in [2.24, 2.45) is 18.0 Å². The molecule has 0 aliphatic carbocycles. The number of benzene rings is 2. The first kappa shape index (κ1) is 26.8. The highest BCUT2D eigenvalue weighted by atomic mass is 19.1. The molecule has 38 heavy (non-hydrogen) atoms. The van der Waals surface area contributed by atoms with E-state index >= 15 is 0 Å². The number of amidine groups is 1. The molecule has 1 aliphatic rings. The number of halogens is 1. The molecule has 0 saturated carbocycles. The Labute approximate surface area is 221 Å². The van der Waals surface area contributed by atoms with Crippen molar-refractivity contribution >= 4 is 23.3 Å². The molecule has 0 bridgehead atoms. The van der Waals surface area contributed by atoms with Crippen molar-refractivity contribution in [2.75, 3.05) is 46.2 Å². The van der Waals surface area contributed by atoms with Crippen molar-refractivity contribution in [2.45, 2.75) is 6.42 Å². The fraction of sp³-hybridized carbons (Fsp3) is 0.333. The van der Waals surface area contributed by atoms with Crippen LogP contribution in [0.1, 0.15) is 5.56 Å². The van der Waals surface area contributed by atoms with E-state index in [0.717, 1.165) is 11.1 Å². The smallest absolute Gasteiger partial charge is 0.244 e. The van der Waals surface area contributed by atoms with Crippen LogP contribution >= 0.6 is 0 Å². The Morgan fingerprint density at radius 2 is 2.00 bits per heavy atom. The summed E-state index contributed by atoms with van der Waals surface area (Å²) in [5, 5.41) is 8.79. The van der Waals surface area contributed by atoms with Gasteiger partial charge in [-0.1, -0.05) is 18.2 Å². The number of methoxy groups -OCH3 is 1. The summed E-state index contributed by atoms with van der Waals surface area (Å²) in [7, 11) is 6.92. The van der Waals surface area contributed by atoms with Crippen LogP contribution < -0.4 is 15.5 Å². The Morgan fingerprint density at radius 1 is 1.21 bits per heavy atom. The number of aryl methyl sites for hydroxylation is 1. The van der Waals surface area contributed by atoms with Crippen molar-refractivity contribution in [3.63, 3.8) is 0 Å². The Bertz CT molecular complexity index is 1340. The number of ether oxygens (including phenoxy) is 1. The van der Waals surface area contributed by atoms with Gasteiger partial charge in [0.1, 0.15) is 23.9 Å². The second kappa shape index (κ2) is 11.9. The number of anilines is 1. The van der Waals surface area contributed by atoms with Crippen molar-refractivity contribution in [3.8, 4) is 16.9 Å². The lowest BCUT2D eigenvalue weighted by Gasteiger charge is -2.25. The maximum atomic E-state index is 14.6. The molecule has 11 heteroatoms. The standard InChI is InChI=1S/C27H32FN7O3/c1-33(2)32-25-16-35(27(37)19(13-29-25)12-22-23(28)9-6-10-24(22)38-4)17-26(36)31-21-8-5-7-18(11-21)20-14-30-34(3)15-20/h5-11,14-15,19H,12-13,16-17H2,1-4H3,(H,29,32)(H,31,36). The van der Waals surface area contributed by atoms with Gasteiger partial charge in [-0.25, -0.2) is 9.40 Å². The van der Waals surface area contributed by atoms with E-state index < -0.39 is 11.7 Å². The van der Waals surface area contributed by atoms with Gasteiger partial charge in [0.15, 0.2) is 0 Å². The minimum absolute atomic E-state index is 0.0959. The first-order valence-electron chi connectivity index (χ1n) is 12.2. The fourth-order valence-corrected chi connectivity index (χ4v) is 4.38. The molecule has 2 amide bonds.